The molecule has 0 N–H and O–H groups in total. The van der Waals surface area contributed by atoms with Gasteiger partial charge < -0.3 is 4.42 Å². The van der Waals surface area contributed by atoms with Crippen LogP contribution in [0.15, 0.2) is 38.0 Å². The molecule has 0 aliphatic carbocycles. The van der Waals surface area contributed by atoms with Gasteiger partial charge in [-0.25, -0.2) is 0 Å². The minimum absolute atomic E-state index is 0.0769. The molecule has 66 valence electrons. The number of hydrogen-bond acceptors (Lipinski definition) is 3. The smallest absolute Gasteiger partial charge is 0.229 e. The molecule has 0 radical (unpaired) electrons. The first-order valence-electron chi connectivity index (χ1n) is 3.59. The Bertz CT molecular complexity index is 417. The third-order valence-corrected chi connectivity index (χ3v) is 3.08. The van der Waals surface area contributed by atoms with E-state index < -0.39 is 0 Å². The Morgan fingerprint density at radius 1 is 1.54 bits per heavy atom. The summed E-state index contributed by atoms with van der Waals surface area (Å²) in [7, 11) is 0. The lowest BCUT2D eigenvalue weighted by atomic mass is 10.2. The van der Waals surface area contributed by atoms with E-state index in [0.717, 1.165) is 3.79 Å². The van der Waals surface area contributed by atoms with E-state index in [1.807, 2.05) is 0 Å². The molecule has 2 aromatic heterocycles. The molecule has 2 nitrogen and oxygen atoms in total. The topological polar surface area (TPSA) is 30.2 Å². The van der Waals surface area contributed by atoms with Gasteiger partial charge in [0.05, 0.1) is 10.0 Å². The highest BCUT2D eigenvalue weighted by atomic mass is 79.9. The van der Waals surface area contributed by atoms with Gasteiger partial charge in [-0.15, -0.1) is 11.3 Å². The molecular weight excluding hydrogens is 252 g/mol. The Hall–Kier alpha value is -0.870. The van der Waals surface area contributed by atoms with Crippen molar-refractivity contribution in [2.24, 2.45) is 0 Å². The van der Waals surface area contributed by atoms with Gasteiger partial charge >= 0.3 is 0 Å². The Balaban J connectivity index is 2.33. The molecule has 0 aliphatic heterocycles. The van der Waals surface area contributed by atoms with Crippen LogP contribution in [-0.4, -0.2) is 5.78 Å². The van der Waals surface area contributed by atoms with Crippen LogP contribution in [0.25, 0.3) is 0 Å². The lowest BCUT2D eigenvalue weighted by molar-refractivity contribution is 0.101. The number of ketones is 1. The zero-order valence-corrected chi connectivity index (χ0v) is 8.89. The zero-order valence-electron chi connectivity index (χ0n) is 6.49. The molecule has 0 atom stereocenters. The summed E-state index contributed by atoms with van der Waals surface area (Å²) in [4.78, 5) is 11.6. The predicted molar refractivity (Wildman–Crippen MR) is 54.2 cm³/mol. The molecular formula is C9H5BrO2S. The van der Waals surface area contributed by atoms with Gasteiger partial charge in [0, 0.05) is 10.9 Å². The molecule has 0 aliphatic rings. The third kappa shape index (κ3) is 1.73. The van der Waals surface area contributed by atoms with E-state index in [1.54, 1.807) is 23.6 Å². The van der Waals surface area contributed by atoms with E-state index in [0.29, 0.717) is 11.3 Å². The van der Waals surface area contributed by atoms with E-state index in [9.17, 15) is 4.79 Å². The maximum Gasteiger partial charge on any atom is 0.229 e. The quantitative estimate of drug-likeness (QED) is 0.772. The van der Waals surface area contributed by atoms with Gasteiger partial charge in [-0.3, -0.25) is 4.79 Å². The van der Waals surface area contributed by atoms with Crippen LogP contribution >= 0.6 is 27.3 Å². The summed E-state index contributed by atoms with van der Waals surface area (Å²) >= 11 is 4.78. The second kappa shape index (κ2) is 3.47. The predicted octanol–water partition coefficient (Wildman–Crippen LogP) is 3.33. The van der Waals surface area contributed by atoms with E-state index in [1.165, 1.54) is 17.6 Å². The zero-order chi connectivity index (χ0) is 9.26. The van der Waals surface area contributed by atoms with Gasteiger partial charge in [0.2, 0.25) is 5.78 Å². The molecule has 0 fully saturated rings. The van der Waals surface area contributed by atoms with Crippen molar-refractivity contribution in [2.75, 3.05) is 0 Å². The highest BCUT2D eigenvalue weighted by Crippen LogP contribution is 2.22. The number of furan rings is 1. The largest absolute Gasteiger partial charge is 0.461 e. The van der Waals surface area contributed by atoms with Crippen LogP contribution in [-0.2, 0) is 0 Å². The van der Waals surface area contributed by atoms with E-state index in [4.69, 9.17) is 4.42 Å². The first-order chi connectivity index (χ1) is 6.27. The Morgan fingerprint density at radius 2 is 2.38 bits per heavy atom. The summed E-state index contributed by atoms with van der Waals surface area (Å²) in [5.41, 5.74) is 0.659. The average Bonchev–Trinajstić information content (AvgIpc) is 2.72. The minimum Gasteiger partial charge on any atom is -0.461 e. The molecule has 0 amide bonds. The van der Waals surface area contributed by atoms with Gasteiger partial charge in [0.25, 0.3) is 0 Å². The fourth-order valence-corrected chi connectivity index (χ4v) is 2.12. The van der Waals surface area contributed by atoms with Crippen LogP contribution in [0.3, 0.4) is 0 Å². The van der Waals surface area contributed by atoms with Crippen molar-refractivity contribution < 1.29 is 9.21 Å². The van der Waals surface area contributed by atoms with Crippen molar-refractivity contribution in [2.45, 2.75) is 0 Å². The summed E-state index contributed by atoms with van der Waals surface area (Å²) in [5.74, 6) is 0.303. The molecule has 0 aromatic carbocycles. The second-order valence-electron chi connectivity index (χ2n) is 2.45. The van der Waals surface area contributed by atoms with E-state index in [-0.39, 0.29) is 5.78 Å². The molecule has 0 unspecified atom stereocenters. The maximum atomic E-state index is 11.6. The van der Waals surface area contributed by atoms with Crippen molar-refractivity contribution in [1.29, 1.82) is 0 Å². The number of carbonyl (C=O) groups is 1. The molecule has 13 heavy (non-hydrogen) atoms. The molecule has 0 saturated heterocycles. The SMILES string of the molecule is O=C(c1csc(Br)c1)c1ccco1. The maximum absolute atomic E-state index is 11.6. The highest BCUT2D eigenvalue weighted by Gasteiger charge is 2.12. The first-order valence-corrected chi connectivity index (χ1v) is 5.27. The lowest BCUT2D eigenvalue weighted by Gasteiger charge is -1.90. The summed E-state index contributed by atoms with van der Waals surface area (Å²) < 4.78 is 5.95. The molecule has 2 heterocycles. The number of rotatable bonds is 2. The molecule has 2 rings (SSSR count). The average molecular weight is 257 g/mol. The summed E-state index contributed by atoms with van der Waals surface area (Å²) in [5, 5.41) is 1.80. The van der Waals surface area contributed by atoms with Crippen molar-refractivity contribution in [3.8, 4) is 0 Å². The number of halogens is 1. The first kappa shape index (κ1) is 8.72. The van der Waals surface area contributed by atoms with Gasteiger partial charge in [0.15, 0.2) is 5.76 Å². The Labute approximate surface area is 87.3 Å². The van der Waals surface area contributed by atoms with Gasteiger partial charge in [0.1, 0.15) is 0 Å². The van der Waals surface area contributed by atoms with Crippen molar-refractivity contribution in [1.82, 2.24) is 0 Å². The Kier molecular flexibility index (Phi) is 2.33. The van der Waals surface area contributed by atoms with Gasteiger partial charge in [-0.2, -0.15) is 0 Å². The fraction of sp³-hybridized carbons (Fsp3) is 0. The van der Waals surface area contributed by atoms with E-state index >= 15 is 0 Å². The van der Waals surface area contributed by atoms with Crippen molar-refractivity contribution >= 4 is 33.0 Å². The fourth-order valence-electron chi connectivity index (χ4n) is 0.979. The van der Waals surface area contributed by atoms with E-state index in [2.05, 4.69) is 15.9 Å². The molecule has 0 bridgehead atoms. The molecule has 2 aromatic rings. The summed E-state index contributed by atoms with van der Waals surface area (Å²) in [6.45, 7) is 0. The van der Waals surface area contributed by atoms with Crippen LogP contribution in [0.5, 0.6) is 0 Å². The van der Waals surface area contributed by atoms with Crippen molar-refractivity contribution in [3.63, 3.8) is 0 Å². The van der Waals surface area contributed by atoms with Crippen LogP contribution in [0.4, 0.5) is 0 Å². The standard InChI is InChI=1S/C9H5BrO2S/c10-8-4-6(5-13-8)9(11)7-2-1-3-12-7/h1-5H. The highest BCUT2D eigenvalue weighted by molar-refractivity contribution is 9.11. The normalized spacial score (nSPS) is 10.2. The molecule has 4 heteroatoms. The third-order valence-electron chi connectivity index (χ3n) is 1.57. The van der Waals surface area contributed by atoms with Crippen LogP contribution in [0.2, 0.25) is 0 Å². The monoisotopic (exact) mass is 256 g/mol. The lowest BCUT2D eigenvalue weighted by Crippen LogP contribution is -1.96. The second-order valence-corrected chi connectivity index (χ2v) is 4.74. The number of carbonyl (C=O) groups excluding carboxylic acids is 1. The number of hydrogen-bond donors (Lipinski definition) is 0. The molecule has 0 spiro atoms. The molecule has 0 saturated carbocycles. The van der Waals surface area contributed by atoms with Gasteiger partial charge in [-0.05, 0) is 34.1 Å². The minimum atomic E-state index is -0.0769. The van der Waals surface area contributed by atoms with Crippen LogP contribution in [0.1, 0.15) is 16.1 Å². The van der Waals surface area contributed by atoms with Crippen LogP contribution in [0, 0.1) is 0 Å². The number of thiophene rings is 1. The summed E-state index contributed by atoms with van der Waals surface area (Å²) in [6, 6.07) is 5.15. The van der Waals surface area contributed by atoms with Crippen molar-refractivity contribution in [3.05, 3.63) is 45.0 Å². The summed E-state index contributed by atoms with van der Waals surface area (Å²) in [6.07, 6.45) is 1.49. The van der Waals surface area contributed by atoms with Crippen LogP contribution < -0.4 is 0 Å². The van der Waals surface area contributed by atoms with Gasteiger partial charge in [-0.1, -0.05) is 0 Å². The Morgan fingerprint density at radius 3 is 2.92 bits per heavy atom.